The van der Waals surface area contributed by atoms with Crippen molar-refractivity contribution in [3.8, 4) is 0 Å². The number of hydrogen-bond donors (Lipinski definition) is 1. The Labute approximate surface area is 99.8 Å². The maximum Gasteiger partial charge on any atom is 0.313 e. The highest BCUT2D eigenvalue weighted by Crippen LogP contribution is 2.33. The lowest BCUT2D eigenvalue weighted by Crippen LogP contribution is -2.33. The quantitative estimate of drug-likeness (QED) is 0.751. The Morgan fingerprint density at radius 3 is 3.06 bits per heavy atom. The monoisotopic (exact) mass is 236 g/mol. The first-order chi connectivity index (χ1) is 8.05. The molecule has 0 bridgehead atoms. The largest absolute Gasteiger partial charge is 0.469 e. The van der Waals surface area contributed by atoms with Gasteiger partial charge >= 0.3 is 5.97 Å². The molecule has 1 aromatic rings. The number of methoxy groups -OCH3 is 1. The summed E-state index contributed by atoms with van der Waals surface area (Å²) < 4.78 is 4.82. The zero-order valence-electron chi connectivity index (χ0n) is 10.0. The summed E-state index contributed by atoms with van der Waals surface area (Å²) in [6, 6.07) is 1.79. The molecule has 1 unspecified atom stereocenters. The lowest BCUT2D eigenvalue weighted by molar-refractivity contribution is -0.150. The van der Waals surface area contributed by atoms with Crippen molar-refractivity contribution in [2.24, 2.45) is 5.41 Å². The van der Waals surface area contributed by atoms with Gasteiger partial charge in [0.2, 0.25) is 5.95 Å². The van der Waals surface area contributed by atoms with Gasteiger partial charge in [-0.3, -0.25) is 4.79 Å². The minimum Gasteiger partial charge on any atom is -0.469 e. The summed E-state index contributed by atoms with van der Waals surface area (Å²) in [5.74, 6) is 0.821. The summed E-state index contributed by atoms with van der Waals surface area (Å²) >= 11 is 0. The second-order valence-corrected chi connectivity index (χ2v) is 4.50. The zero-order chi connectivity index (χ0) is 12.5. The van der Waals surface area contributed by atoms with E-state index in [0.29, 0.717) is 6.54 Å². The van der Waals surface area contributed by atoms with Crippen molar-refractivity contribution < 1.29 is 9.53 Å². The van der Waals surface area contributed by atoms with Gasteiger partial charge in [0.05, 0.1) is 12.5 Å². The Balaban J connectivity index is 2.15. The summed E-state index contributed by atoms with van der Waals surface area (Å²) in [6.07, 6.45) is 2.37. The third kappa shape index (κ3) is 2.15. The topological polar surface area (TPSA) is 81.3 Å². The Bertz CT molecular complexity index is 437. The second-order valence-electron chi connectivity index (χ2n) is 4.50. The number of nitrogens with two attached hydrogens (primary N) is 1. The number of carbonyl (C=O) groups is 1. The number of carbonyl (C=O) groups excluding carboxylic acids is 1. The maximum absolute atomic E-state index is 11.7. The highest BCUT2D eigenvalue weighted by Gasteiger charge is 2.41. The average molecular weight is 236 g/mol. The van der Waals surface area contributed by atoms with Crippen LogP contribution in [0.25, 0.3) is 0 Å². The van der Waals surface area contributed by atoms with E-state index < -0.39 is 5.41 Å². The van der Waals surface area contributed by atoms with Gasteiger partial charge in [-0.1, -0.05) is 0 Å². The van der Waals surface area contributed by atoms with Crippen LogP contribution in [0, 0.1) is 5.41 Å². The van der Waals surface area contributed by atoms with Gasteiger partial charge in [0, 0.05) is 19.3 Å². The Hall–Kier alpha value is -1.85. The number of ether oxygens (including phenoxy) is 1. The minimum absolute atomic E-state index is 0.179. The Morgan fingerprint density at radius 1 is 1.65 bits per heavy atom. The summed E-state index contributed by atoms with van der Waals surface area (Å²) in [5, 5.41) is 0. The minimum atomic E-state index is -0.464. The number of nitrogen functional groups attached to an aromatic ring is 1. The van der Waals surface area contributed by atoms with Crippen LogP contribution in [-0.4, -0.2) is 36.1 Å². The van der Waals surface area contributed by atoms with Crippen LogP contribution in [0.4, 0.5) is 11.8 Å². The van der Waals surface area contributed by atoms with Gasteiger partial charge in [0.25, 0.3) is 0 Å². The Morgan fingerprint density at radius 2 is 2.41 bits per heavy atom. The van der Waals surface area contributed by atoms with E-state index >= 15 is 0 Å². The number of aromatic nitrogens is 2. The SMILES string of the molecule is COC(=O)C1(C)CCN(c2ccnc(N)n2)C1. The normalized spacial score (nSPS) is 23.8. The zero-order valence-corrected chi connectivity index (χ0v) is 10.0. The van der Waals surface area contributed by atoms with E-state index in [2.05, 4.69) is 9.97 Å². The van der Waals surface area contributed by atoms with Gasteiger partial charge in [-0.15, -0.1) is 0 Å². The van der Waals surface area contributed by atoms with Gasteiger partial charge < -0.3 is 15.4 Å². The molecule has 17 heavy (non-hydrogen) atoms. The average Bonchev–Trinajstić information content (AvgIpc) is 2.72. The molecule has 1 aromatic heterocycles. The highest BCUT2D eigenvalue weighted by atomic mass is 16.5. The predicted octanol–water partition coefficient (Wildman–Crippen LogP) is 0.448. The Kier molecular flexibility index (Phi) is 2.87. The summed E-state index contributed by atoms with van der Waals surface area (Å²) in [6.45, 7) is 3.27. The van der Waals surface area contributed by atoms with Crippen LogP contribution >= 0.6 is 0 Å². The summed E-state index contributed by atoms with van der Waals surface area (Å²) in [4.78, 5) is 21.7. The van der Waals surface area contributed by atoms with Crippen molar-refractivity contribution in [2.45, 2.75) is 13.3 Å². The number of anilines is 2. The van der Waals surface area contributed by atoms with E-state index in [-0.39, 0.29) is 11.9 Å². The predicted molar refractivity (Wildman–Crippen MR) is 63.4 cm³/mol. The molecule has 0 amide bonds. The summed E-state index contributed by atoms with van der Waals surface area (Å²) in [7, 11) is 1.42. The number of esters is 1. The van der Waals surface area contributed by atoms with Gasteiger partial charge in [0.15, 0.2) is 0 Å². The van der Waals surface area contributed by atoms with E-state index in [1.807, 2.05) is 11.8 Å². The lowest BCUT2D eigenvalue weighted by atomic mass is 9.90. The van der Waals surface area contributed by atoms with Crippen LogP contribution in [0.1, 0.15) is 13.3 Å². The molecule has 92 valence electrons. The van der Waals surface area contributed by atoms with Crippen molar-refractivity contribution in [3.63, 3.8) is 0 Å². The van der Waals surface area contributed by atoms with Crippen LogP contribution in [0.2, 0.25) is 0 Å². The molecule has 1 aliphatic heterocycles. The van der Waals surface area contributed by atoms with Crippen molar-refractivity contribution in [1.29, 1.82) is 0 Å². The molecule has 0 aromatic carbocycles. The molecule has 2 rings (SSSR count). The van der Waals surface area contributed by atoms with Crippen molar-refractivity contribution in [2.75, 3.05) is 30.8 Å². The first-order valence-corrected chi connectivity index (χ1v) is 5.47. The molecule has 0 radical (unpaired) electrons. The van der Waals surface area contributed by atoms with E-state index in [1.54, 1.807) is 12.3 Å². The molecule has 0 aliphatic carbocycles. The molecular weight excluding hydrogens is 220 g/mol. The van der Waals surface area contributed by atoms with Crippen LogP contribution in [0.3, 0.4) is 0 Å². The van der Waals surface area contributed by atoms with Gasteiger partial charge in [-0.25, -0.2) is 4.98 Å². The fourth-order valence-electron chi connectivity index (χ4n) is 2.11. The fraction of sp³-hybridized carbons (Fsp3) is 0.545. The van der Waals surface area contributed by atoms with Crippen LogP contribution in [0.15, 0.2) is 12.3 Å². The second kappa shape index (κ2) is 4.20. The van der Waals surface area contributed by atoms with Crippen LogP contribution in [-0.2, 0) is 9.53 Å². The fourth-order valence-corrected chi connectivity index (χ4v) is 2.11. The van der Waals surface area contributed by atoms with Gasteiger partial charge in [-0.05, 0) is 19.4 Å². The molecule has 1 fully saturated rings. The molecule has 0 saturated carbocycles. The van der Waals surface area contributed by atoms with Crippen LogP contribution in [0.5, 0.6) is 0 Å². The lowest BCUT2D eigenvalue weighted by Gasteiger charge is -2.22. The molecule has 1 saturated heterocycles. The van der Waals surface area contributed by atoms with E-state index in [1.165, 1.54) is 7.11 Å². The number of nitrogens with zero attached hydrogens (tertiary/aromatic N) is 3. The first kappa shape index (κ1) is 11.6. The van der Waals surface area contributed by atoms with E-state index in [9.17, 15) is 4.79 Å². The molecule has 1 atom stereocenters. The van der Waals surface area contributed by atoms with E-state index in [0.717, 1.165) is 18.8 Å². The first-order valence-electron chi connectivity index (χ1n) is 5.47. The van der Waals surface area contributed by atoms with Gasteiger partial charge in [0.1, 0.15) is 5.82 Å². The maximum atomic E-state index is 11.7. The third-order valence-electron chi connectivity index (χ3n) is 3.14. The smallest absolute Gasteiger partial charge is 0.313 e. The number of hydrogen-bond acceptors (Lipinski definition) is 6. The summed E-state index contributed by atoms with van der Waals surface area (Å²) in [5.41, 5.74) is 5.08. The molecular formula is C11H16N4O2. The molecule has 6 nitrogen and oxygen atoms in total. The van der Waals surface area contributed by atoms with Crippen molar-refractivity contribution in [1.82, 2.24) is 9.97 Å². The molecule has 1 aliphatic rings. The molecule has 2 heterocycles. The van der Waals surface area contributed by atoms with Crippen molar-refractivity contribution >= 4 is 17.7 Å². The molecule has 6 heteroatoms. The van der Waals surface area contributed by atoms with Gasteiger partial charge in [-0.2, -0.15) is 4.98 Å². The molecule has 0 spiro atoms. The third-order valence-corrected chi connectivity index (χ3v) is 3.14. The van der Waals surface area contributed by atoms with E-state index in [4.69, 9.17) is 10.5 Å². The molecule has 2 N–H and O–H groups in total. The van der Waals surface area contributed by atoms with Crippen molar-refractivity contribution in [3.05, 3.63) is 12.3 Å². The highest BCUT2D eigenvalue weighted by molar-refractivity contribution is 5.78. The standard InChI is InChI=1S/C11H16N4O2/c1-11(9(16)17-2)4-6-15(7-11)8-3-5-13-10(12)14-8/h3,5H,4,6-7H2,1-2H3,(H2,12,13,14). The van der Waals surface area contributed by atoms with Crippen LogP contribution < -0.4 is 10.6 Å². The number of rotatable bonds is 2.